The molecule has 0 saturated carbocycles. The molecule has 0 radical (unpaired) electrons. The summed E-state index contributed by atoms with van der Waals surface area (Å²) in [5.41, 5.74) is 1.71. The van der Waals surface area contributed by atoms with E-state index in [2.05, 4.69) is 0 Å². The number of hydrogen-bond acceptors (Lipinski definition) is 4. The first-order valence-corrected chi connectivity index (χ1v) is 8.87. The summed E-state index contributed by atoms with van der Waals surface area (Å²) >= 11 is 0. The normalized spacial score (nSPS) is 21.2. The van der Waals surface area contributed by atoms with Gasteiger partial charge in [0.1, 0.15) is 5.75 Å². The number of amides is 2. The second kappa shape index (κ2) is 7.35. The Hall–Kier alpha value is -2.57. The number of carbonyl (C=O) groups excluding carboxylic acids is 2. The third kappa shape index (κ3) is 3.52. The summed E-state index contributed by atoms with van der Waals surface area (Å²) in [6, 6.07) is 5.63. The molecular formula is C19H24N2O5. The van der Waals surface area contributed by atoms with Crippen molar-refractivity contribution < 1.29 is 24.2 Å². The molecule has 1 aromatic carbocycles. The first kappa shape index (κ1) is 18.2. The minimum absolute atomic E-state index is 0.0590. The summed E-state index contributed by atoms with van der Waals surface area (Å²) in [5, 5.41) is 9.08. The van der Waals surface area contributed by atoms with E-state index in [0.717, 1.165) is 5.56 Å². The maximum atomic E-state index is 12.8. The summed E-state index contributed by atoms with van der Waals surface area (Å²) in [6.07, 6.45) is 1.11. The van der Waals surface area contributed by atoms with Crippen LogP contribution in [0.25, 0.3) is 0 Å². The monoisotopic (exact) mass is 360 g/mol. The lowest BCUT2D eigenvalue weighted by Gasteiger charge is -2.31. The predicted octanol–water partition coefficient (Wildman–Crippen LogP) is 1.68. The second-order valence-corrected chi connectivity index (χ2v) is 7.02. The van der Waals surface area contributed by atoms with Crippen molar-refractivity contribution in [3.05, 3.63) is 23.8 Å². The van der Waals surface area contributed by atoms with Gasteiger partial charge in [-0.25, -0.2) is 0 Å². The van der Waals surface area contributed by atoms with E-state index in [1.54, 1.807) is 16.9 Å². The zero-order valence-electron chi connectivity index (χ0n) is 15.1. The van der Waals surface area contributed by atoms with E-state index in [1.165, 1.54) is 0 Å². The van der Waals surface area contributed by atoms with Crippen LogP contribution in [-0.2, 0) is 14.4 Å². The molecule has 2 fully saturated rings. The van der Waals surface area contributed by atoms with Crippen LogP contribution in [0.2, 0.25) is 0 Å². The van der Waals surface area contributed by atoms with E-state index >= 15 is 0 Å². The van der Waals surface area contributed by atoms with Gasteiger partial charge in [0.15, 0.2) is 0 Å². The molecule has 1 N–H and O–H groups in total. The number of rotatable bonds is 4. The van der Waals surface area contributed by atoms with E-state index in [9.17, 15) is 14.4 Å². The smallest absolute Gasteiger partial charge is 0.306 e. The molecule has 7 heteroatoms. The minimum Gasteiger partial charge on any atom is -0.495 e. The summed E-state index contributed by atoms with van der Waals surface area (Å²) in [5.74, 6) is -1.11. The molecule has 2 aliphatic rings. The molecule has 140 valence electrons. The lowest BCUT2D eigenvalue weighted by Crippen LogP contribution is -2.43. The summed E-state index contributed by atoms with van der Waals surface area (Å²) in [6.45, 7) is 3.15. The highest BCUT2D eigenvalue weighted by Crippen LogP contribution is 2.34. The highest BCUT2D eigenvalue weighted by Gasteiger charge is 2.39. The van der Waals surface area contributed by atoms with Gasteiger partial charge < -0.3 is 19.6 Å². The molecular weight excluding hydrogens is 336 g/mol. The molecule has 0 aliphatic carbocycles. The number of carbonyl (C=O) groups is 3. The number of nitrogens with zero attached hydrogens (tertiary/aromatic N) is 2. The highest BCUT2D eigenvalue weighted by atomic mass is 16.5. The third-order valence-corrected chi connectivity index (χ3v) is 5.26. The maximum Gasteiger partial charge on any atom is 0.306 e. The lowest BCUT2D eigenvalue weighted by molar-refractivity contribution is -0.146. The Morgan fingerprint density at radius 1 is 1.19 bits per heavy atom. The van der Waals surface area contributed by atoms with Gasteiger partial charge in [-0.05, 0) is 37.5 Å². The molecule has 2 aliphatic heterocycles. The summed E-state index contributed by atoms with van der Waals surface area (Å²) in [4.78, 5) is 39.7. The zero-order chi connectivity index (χ0) is 18.8. The van der Waals surface area contributed by atoms with Crippen molar-refractivity contribution in [2.45, 2.75) is 26.2 Å². The Labute approximate surface area is 152 Å². The van der Waals surface area contributed by atoms with Crippen molar-refractivity contribution in [3.63, 3.8) is 0 Å². The van der Waals surface area contributed by atoms with Crippen molar-refractivity contribution in [2.75, 3.05) is 31.6 Å². The van der Waals surface area contributed by atoms with Crippen molar-refractivity contribution >= 4 is 23.5 Å². The SMILES string of the molecule is COc1ccc(C)cc1N1C[C@@H](C(=O)N2CCC(C(=O)O)CC2)CC1=O. The molecule has 2 heterocycles. The number of piperidine rings is 1. The summed E-state index contributed by atoms with van der Waals surface area (Å²) in [7, 11) is 1.56. The van der Waals surface area contributed by atoms with Gasteiger partial charge >= 0.3 is 5.97 Å². The molecule has 1 aromatic rings. The van der Waals surface area contributed by atoms with Gasteiger partial charge in [-0.15, -0.1) is 0 Å². The molecule has 2 amide bonds. The maximum absolute atomic E-state index is 12.8. The number of hydrogen-bond donors (Lipinski definition) is 1. The van der Waals surface area contributed by atoms with Crippen LogP contribution >= 0.6 is 0 Å². The van der Waals surface area contributed by atoms with Crippen LogP contribution in [0.1, 0.15) is 24.8 Å². The van der Waals surface area contributed by atoms with Crippen molar-refractivity contribution in [1.29, 1.82) is 0 Å². The number of likely N-dealkylation sites (tertiary alicyclic amines) is 1. The molecule has 0 bridgehead atoms. The van der Waals surface area contributed by atoms with Crippen LogP contribution < -0.4 is 9.64 Å². The molecule has 0 spiro atoms. The number of carboxylic acids is 1. The quantitative estimate of drug-likeness (QED) is 0.883. The van der Waals surface area contributed by atoms with Gasteiger partial charge in [0.05, 0.1) is 24.6 Å². The second-order valence-electron chi connectivity index (χ2n) is 7.02. The molecule has 1 atom stereocenters. The number of methoxy groups -OCH3 is 1. The average molecular weight is 360 g/mol. The topological polar surface area (TPSA) is 87.2 Å². The largest absolute Gasteiger partial charge is 0.495 e. The van der Waals surface area contributed by atoms with Gasteiger partial charge in [0.25, 0.3) is 0 Å². The van der Waals surface area contributed by atoms with E-state index < -0.39 is 11.9 Å². The lowest BCUT2D eigenvalue weighted by atomic mass is 9.95. The zero-order valence-corrected chi connectivity index (χ0v) is 15.1. The fourth-order valence-electron chi connectivity index (χ4n) is 3.72. The van der Waals surface area contributed by atoms with E-state index in [4.69, 9.17) is 9.84 Å². The molecule has 3 rings (SSSR count). The van der Waals surface area contributed by atoms with E-state index in [0.29, 0.717) is 43.9 Å². The van der Waals surface area contributed by atoms with E-state index in [-0.39, 0.29) is 24.2 Å². The first-order valence-electron chi connectivity index (χ1n) is 8.87. The Kier molecular flexibility index (Phi) is 5.15. The standard InChI is InChI=1S/C19H24N2O5/c1-12-3-4-16(26-2)15(9-12)21-11-14(10-17(21)22)18(23)20-7-5-13(6-8-20)19(24)25/h3-4,9,13-14H,5-8,10-11H2,1-2H3,(H,24,25)/t14-/m0/s1. The Morgan fingerprint density at radius 2 is 1.88 bits per heavy atom. The third-order valence-electron chi connectivity index (χ3n) is 5.26. The number of ether oxygens (including phenoxy) is 1. The number of aryl methyl sites for hydroxylation is 1. The minimum atomic E-state index is -0.800. The van der Waals surface area contributed by atoms with Gasteiger partial charge in [-0.1, -0.05) is 6.07 Å². The van der Waals surface area contributed by atoms with Gasteiger partial charge in [0.2, 0.25) is 11.8 Å². The van der Waals surface area contributed by atoms with Crippen LogP contribution in [0.4, 0.5) is 5.69 Å². The van der Waals surface area contributed by atoms with Crippen molar-refractivity contribution in [3.8, 4) is 5.75 Å². The van der Waals surface area contributed by atoms with Crippen LogP contribution in [-0.4, -0.2) is 54.5 Å². The highest BCUT2D eigenvalue weighted by molar-refractivity contribution is 6.01. The molecule has 7 nitrogen and oxygen atoms in total. The molecule has 0 aromatic heterocycles. The van der Waals surface area contributed by atoms with Gasteiger partial charge in [-0.3, -0.25) is 14.4 Å². The fourth-order valence-corrected chi connectivity index (χ4v) is 3.72. The Balaban J connectivity index is 1.69. The molecule has 0 unspecified atom stereocenters. The predicted molar refractivity (Wildman–Crippen MR) is 95.1 cm³/mol. The van der Waals surface area contributed by atoms with Crippen LogP contribution in [0, 0.1) is 18.8 Å². The number of anilines is 1. The first-order chi connectivity index (χ1) is 12.4. The molecule has 2 saturated heterocycles. The van der Waals surface area contributed by atoms with Crippen molar-refractivity contribution in [2.24, 2.45) is 11.8 Å². The number of aliphatic carboxylic acids is 1. The van der Waals surface area contributed by atoms with E-state index in [1.807, 2.05) is 25.1 Å². The van der Waals surface area contributed by atoms with Crippen molar-refractivity contribution in [1.82, 2.24) is 4.90 Å². The van der Waals surface area contributed by atoms with Crippen LogP contribution in [0.3, 0.4) is 0 Å². The Bertz CT molecular complexity index is 725. The fraction of sp³-hybridized carbons (Fsp3) is 0.526. The Morgan fingerprint density at radius 3 is 2.50 bits per heavy atom. The average Bonchev–Trinajstić information content (AvgIpc) is 3.02. The van der Waals surface area contributed by atoms with Crippen LogP contribution in [0.5, 0.6) is 5.75 Å². The molecule has 26 heavy (non-hydrogen) atoms. The number of benzene rings is 1. The van der Waals surface area contributed by atoms with Gasteiger partial charge in [0, 0.05) is 26.1 Å². The summed E-state index contributed by atoms with van der Waals surface area (Å²) < 4.78 is 5.36. The van der Waals surface area contributed by atoms with Gasteiger partial charge in [-0.2, -0.15) is 0 Å². The number of carboxylic acid groups (broad SMARTS) is 1. The van der Waals surface area contributed by atoms with Crippen LogP contribution in [0.15, 0.2) is 18.2 Å².